The third-order valence-corrected chi connectivity index (χ3v) is 29.2. The molecule has 6 aliphatic carbocycles. The third-order valence-electron chi connectivity index (χ3n) is 29.2. The van der Waals surface area contributed by atoms with Gasteiger partial charge in [-0.2, -0.15) is 35.1 Å². The van der Waals surface area contributed by atoms with Crippen LogP contribution in [0.2, 0.25) is 0 Å². The lowest BCUT2D eigenvalue weighted by molar-refractivity contribution is 0.259. The van der Waals surface area contributed by atoms with Crippen molar-refractivity contribution in [3.8, 4) is 80.5 Å². The Morgan fingerprint density at radius 3 is 0.672 bits per heavy atom. The van der Waals surface area contributed by atoms with Crippen molar-refractivity contribution < 1.29 is 73.0 Å². The monoisotopic (exact) mass is 1860 g/mol. The SMILES string of the molecule is C1CC2C3CCC(C3)C2C1.C1CC2C3CCC(C3)C2C1.C=Cc1ccc(COc2c(C)cc(C)cc2C)cc1.C=Cc1ccc(COc2c(C)cc(C)cc2C)cc1.Cc1cc(C)c(Oc2c(F)c(F)c(Oc3c(C)cc(Oc4c(C)cc(C(C)(C)c5cc(C)c(Oc6cc(C)c(Oc7c(F)c(F)c(Oc8c(C)cc(C)cc8C)c(F)c7F)c(C)c6)c(C)c5)cc4C)cc3C)c(F)c2F)c(C)c1. The summed E-state index contributed by atoms with van der Waals surface area (Å²) in [7, 11) is 0. The van der Waals surface area contributed by atoms with Crippen molar-refractivity contribution in [2.45, 2.75) is 248 Å². The highest BCUT2D eigenvalue weighted by molar-refractivity contribution is 5.60. The molecule has 8 nitrogen and oxygen atoms in total. The topological polar surface area (TPSA) is 73.8 Å². The first kappa shape index (κ1) is 101. The number of halogens is 8. The van der Waals surface area contributed by atoms with Crippen LogP contribution in [0.5, 0.6) is 80.5 Å². The van der Waals surface area contributed by atoms with Crippen LogP contribution in [0.3, 0.4) is 0 Å². The standard InChI is InChI=1S/C65H60F8O6.2C18H20O.2C10H16/c1-29-17-31(3)57(32(4)18-29)76-61-47(66)51(70)63(52(71)48(61)67)78-59-39(11)25-45(26-40(59)12)74-55-35(7)21-43(22-36(55)8)65(15,16)44-23-37(9)56(38(10)24-44)75-46-27-41(13)60(42(14)28-46)79-64-53(72)49(68)62(50(69)54(64)73)77-58-33(5)19-30(2)20-34(58)6;2*1-5-16-6-8-17(9-7-16)12-19-18-14(3)10-13(2)11-15(18)4;2*1-2-9-7-4-5-8(6-7)10(9)3-1/h17-28H,1-16H3;2*5-11H,1,12H2,2-4H3;2*7-10H,1-6H2. The maximum atomic E-state index is 15.6. The number of aryl methyl sites for hydroxylation is 20. The van der Waals surface area contributed by atoms with Gasteiger partial charge in [-0.15, -0.1) is 0 Å². The summed E-state index contributed by atoms with van der Waals surface area (Å²) in [5, 5.41) is 0. The molecule has 0 amide bonds. The van der Waals surface area contributed by atoms with Gasteiger partial charge in [0.2, 0.25) is 69.5 Å². The van der Waals surface area contributed by atoms with Gasteiger partial charge in [-0.1, -0.05) is 196 Å². The van der Waals surface area contributed by atoms with E-state index in [1.807, 2.05) is 78.0 Å². The van der Waals surface area contributed by atoms with Gasteiger partial charge in [0.15, 0.2) is 0 Å². The molecule has 4 bridgehead atoms. The first-order valence-corrected chi connectivity index (χ1v) is 48.3. The van der Waals surface area contributed by atoms with Gasteiger partial charge in [0.25, 0.3) is 0 Å². The van der Waals surface area contributed by atoms with Crippen LogP contribution in [0.4, 0.5) is 35.1 Å². The minimum absolute atomic E-state index is 0.0228. The lowest BCUT2D eigenvalue weighted by atomic mass is 9.76. The fourth-order valence-corrected chi connectivity index (χ4v) is 22.8. The lowest BCUT2D eigenvalue weighted by Crippen LogP contribution is -2.20. The van der Waals surface area contributed by atoms with Crippen LogP contribution in [-0.2, 0) is 18.6 Å². The summed E-state index contributed by atoms with van der Waals surface area (Å²) in [4.78, 5) is 0. The minimum atomic E-state index is -1.75. The molecule has 0 radical (unpaired) electrons. The van der Waals surface area contributed by atoms with Gasteiger partial charge >= 0.3 is 0 Å². The highest BCUT2D eigenvalue weighted by Crippen LogP contribution is 2.60. The fraction of sp³-hybridized carbons (Fsp3) is 0.372. The Morgan fingerprint density at radius 1 is 0.255 bits per heavy atom. The minimum Gasteiger partial charge on any atom is -0.488 e. The molecule has 0 aliphatic heterocycles. The van der Waals surface area contributed by atoms with E-state index in [1.165, 1.54) is 91.9 Å². The largest absolute Gasteiger partial charge is 0.488 e. The number of rotatable bonds is 22. The normalized spacial score (nSPS) is 17.9. The number of hydrogen-bond acceptors (Lipinski definition) is 8. The van der Waals surface area contributed by atoms with Crippen LogP contribution in [-0.4, -0.2) is 0 Å². The lowest BCUT2D eigenvalue weighted by Gasteiger charge is -2.29. The average Bonchev–Trinajstić information content (AvgIpc) is 1.64. The van der Waals surface area contributed by atoms with E-state index in [4.69, 9.17) is 37.9 Å². The molecular formula is C121H132F8O8. The molecule has 720 valence electrons. The molecule has 6 fully saturated rings. The second-order valence-electron chi connectivity index (χ2n) is 40.3. The Hall–Kier alpha value is -12.0. The quantitative estimate of drug-likeness (QED) is 0.0491. The molecule has 0 spiro atoms. The first-order valence-electron chi connectivity index (χ1n) is 48.3. The summed E-state index contributed by atoms with van der Waals surface area (Å²) < 4.78 is 171. The molecule has 6 saturated carbocycles. The maximum Gasteiger partial charge on any atom is 0.208 e. The van der Waals surface area contributed by atoms with E-state index in [2.05, 4.69) is 141 Å². The van der Waals surface area contributed by atoms with E-state index < -0.39 is 75.0 Å². The van der Waals surface area contributed by atoms with Gasteiger partial charge in [-0.3, -0.25) is 0 Å². The molecule has 8 atom stereocenters. The van der Waals surface area contributed by atoms with Crippen molar-refractivity contribution >= 4 is 12.2 Å². The first-order chi connectivity index (χ1) is 65.1. The molecule has 12 aromatic carbocycles. The van der Waals surface area contributed by atoms with E-state index in [9.17, 15) is 0 Å². The van der Waals surface area contributed by atoms with Crippen molar-refractivity contribution in [3.63, 3.8) is 0 Å². The molecule has 0 heterocycles. The summed E-state index contributed by atoms with van der Waals surface area (Å²) in [5.74, 6) is -5.33. The van der Waals surface area contributed by atoms with E-state index >= 15 is 35.1 Å². The highest BCUT2D eigenvalue weighted by atomic mass is 19.2. The van der Waals surface area contributed by atoms with Gasteiger partial charge in [0.05, 0.1) is 0 Å². The van der Waals surface area contributed by atoms with Crippen LogP contribution in [0, 0.1) is 232 Å². The van der Waals surface area contributed by atoms with Crippen molar-refractivity contribution in [2.75, 3.05) is 0 Å². The Morgan fingerprint density at radius 2 is 0.453 bits per heavy atom. The number of ether oxygens (including phenoxy) is 8. The third kappa shape index (κ3) is 22.2. The van der Waals surface area contributed by atoms with E-state index in [-0.39, 0.29) is 23.0 Å². The van der Waals surface area contributed by atoms with Crippen molar-refractivity contribution in [3.05, 3.63) is 350 Å². The average molecular weight is 1870 g/mol. The second kappa shape index (κ2) is 42.5. The Bertz CT molecular complexity index is 5880. The van der Waals surface area contributed by atoms with Gasteiger partial charge in [-0.05, 0) is 397 Å². The van der Waals surface area contributed by atoms with E-state index in [0.29, 0.717) is 80.7 Å². The number of fused-ring (bicyclic) bond motifs is 10. The molecule has 16 heteroatoms. The van der Waals surface area contributed by atoms with Gasteiger partial charge in [0.1, 0.15) is 70.7 Å². The molecule has 0 N–H and O–H groups in total. The predicted molar refractivity (Wildman–Crippen MR) is 536 cm³/mol. The summed E-state index contributed by atoms with van der Waals surface area (Å²) in [6, 6.07) is 46.6. The molecule has 0 saturated heterocycles. The Kier molecular flexibility index (Phi) is 31.3. The van der Waals surface area contributed by atoms with Gasteiger partial charge in [0, 0.05) is 5.41 Å². The van der Waals surface area contributed by atoms with Crippen LogP contribution in [0.25, 0.3) is 12.2 Å². The van der Waals surface area contributed by atoms with Crippen molar-refractivity contribution in [1.29, 1.82) is 0 Å². The maximum absolute atomic E-state index is 15.6. The van der Waals surface area contributed by atoms with Crippen molar-refractivity contribution in [2.24, 2.45) is 47.3 Å². The number of hydrogen-bond donors (Lipinski definition) is 0. The summed E-state index contributed by atoms with van der Waals surface area (Å²) in [6.45, 7) is 49.9. The van der Waals surface area contributed by atoms with Crippen LogP contribution in [0.15, 0.2) is 159 Å². The zero-order chi connectivity index (χ0) is 98.8. The van der Waals surface area contributed by atoms with Crippen molar-refractivity contribution in [1.82, 2.24) is 0 Å². The Balaban J connectivity index is 0.000000201. The number of benzene rings is 12. The molecule has 137 heavy (non-hydrogen) atoms. The van der Waals surface area contributed by atoms with Gasteiger partial charge < -0.3 is 37.9 Å². The molecule has 18 rings (SSSR count). The van der Waals surface area contributed by atoms with E-state index in [0.717, 1.165) is 67.1 Å². The molecule has 6 aliphatic rings. The van der Waals surface area contributed by atoms with Crippen LogP contribution < -0.4 is 37.9 Å². The molecular weight excluding hydrogens is 1730 g/mol. The van der Waals surface area contributed by atoms with Gasteiger partial charge in [-0.25, -0.2) is 0 Å². The Labute approximate surface area is 806 Å². The summed E-state index contributed by atoms with van der Waals surface area (Å²) in [6.07, 6.45) is 22.8. The fourth-order valence-electron chi connectivity index (χ4n) is 22.8. The van der Waals surface area contributed by atoms with Crippen LogP contribution >= 0.6 is 0 Å². The predicted octanol–water partition coefficient (Wildman–Crippen LogP) is 35.5. The van der Waals surface area contributed by atoms with E-state index in [1.54, 1.807) is 181 Å². The highest BCUT2D eigenvalue weighted by Gasteiger charge is 2.50. The summed E-state index contributed by atoms with van der Waals surface area (Å²) in [5.41, 5.74) is 22.0. The second-order valence-corrected chi connectivity index (χ2v) is 40.3. The molecule has 8 unspecified atom stereocenters. The smallest absolute Gasteiger partial charge is 0.208 e. The van der Waals surface area contributed by atoms with Crippen LogP contribution in [0.1, 0.15) is 236 Å². The zero-order valence-corrected chi connectivity index (χ0v) is 83.7. The summed E-state index contributed by atoms with van der Waals surface area (Å²) >= 11 is 0. The zero-order valence-electron chi connectivity index (χ0n) is 83.7. The molecule has 12 aromatic rings. The molecule has 0 aromatic heterocycles.